The van der Waals surface area contributed by atoms with E-state index < -0.39 is 6.10 Å². The van der Waals surface area contributed by atoms with Gasteiger partial charge >= 0.3 is 0 Å². The van der Waals surface area contributed by atoms with E-state index in [4.69, 9.17) is 14.2 Å². The molecule has 118 valence electrons. The van der Waals surface area contributed by atoms with Crippen molar-refractivity contribution < 1.29 is 24.1 Å². The van der Waals surface area contributed by atoms with Crippen LogP contribution in [0.3, 0.4) is 0 Å². The Hall–Kier alpha value is -1.75. The van der Waals surface area contributed by atoms with Gasteiger partial charge in [-0.2, -0.15) is 0 Å². The summed E-state index contributed by atoms with van der Waals surface area (Å²) in [6, 6.07) is 3.19. The summed E-state index contributed by atoms with van der Waals surface area (Å²) in [6.07, 6.45) is -0.675. The highest BCUT2D eigenvalue weighted by atomic mass is 16.5. The molecule has 0 saturated heterocycles. The number of ketones is 1. The number of ether oxygens (including phenoxy) is 3. The number of hydrogen-bond donors (Lipinski definition) is 1. The molecule has 0 fully saturated rings. The molecular formula is C16H24O5. The van der Waals surface area contributed by atoms with E-state index in [-0.39, 0.29) is 17.6 Å². The molecule has 0 aliphatic carbocycles. The van der Waals surface area contributed by atoms with Crippen LogP contribution in [0, 0.1) is 5.41 Å². The standard InChI is InChI=1S/C16H24O5/c1-16(2,3)14(18)9-11(17)10-7-12(19-4)15(21-6)13(8-10)20-5/h7-8,14,18H,9H2,1-6H3. The van der Waals surface area contributed by atoms with Crippen molar-refractivity contribution in [3.05, 3.63) is 17.7 Å². The Morgan fingerprint density at radius 3 is 1.90 bits per heavy atom. The number of carbonyl (C=O) groups is 1. The summed E-state index contributed by atoms with van der Waals surface area (Å²) in [5.41, 5.74) is 0.0730. The number of aliphatic hydroxyl groups is 1. The highest BCUT2D eigenvalue weighted by Gasteiger charge is 2.26. The average Bonchev–Trinajstić information content (AvgIpc) is 2.44. The largest absolute Gasteiger partial charge is 0.493 e. The molecule has 0 radical (unpaired) electrons. The molecule has 1 unspecified atom stereocenters. The van der Waals surface area contributed by atoms with Crippen molar-refractivity contribution in [1.82, 2.24) is 0 Å². The molecule has 0 bridgehead atoms. The third-order valence-electron chi connectivity index (χ3n) is 3.37. The van der Waals surface area contributed by atoms with Crippen molar-refractivity contribution in [3.63, 3.8) is 0 Å². The van der Waals surface area contributed by atoms with E-state index in [1.807, 2.05) is 20.8 Å². The Labute approximate surface area is 125 Å². The van der Waals surface area contributed by atoms with Crippen LogP contribution in [0.2, 0.25) is 0 Å². The number of benzene rings is 1. The van der Waals surface area contributed by atoms with Gasteiger partial charge in [-0.05, 0) is 17.5 Å². The van der Waals surface area contributed by atoms with Crippen LogP contribution in [0.5, 0.6) is 17.2 Å². The molecule has 1 N–H and O–H groups in total. The van der Waals surface area contributed by atoms with Gasteiger partial charge in [0.1, 0.15) is 0 Å². The van der Waals surface area contributed by atoms with Gasteiger partial charge in [-0.15, -0.1) is 0 Å². The molecule has 1 rings (SSSR count). The second-order valence-electron chi connectivity index (χ2n) is 5.92. The second-order valence-corrected chi connectivity index (χ2v) is 5.92. The minimum absolute atomic E-state index is 0.0438. The minimum atomic E-state index is -0.718. The molecule has 0 aromatic heterocycles. The first kappa shape index (κ1) is 17.3. The maximum Gasteiger partial charge on any atom is 0.203 e. The van der Waals surface area contributed by atoms with Crippen LogP contribution >= 0.6 is 0 Å². The predicted molar refractivity (Wildman–Crippen MR) is 80.5 cm³/mol. The zero-order valence-corrected chi connectivity index (χ0v) is 13.5. The first-order valence-electron chi connectivity index (χ1n) is 6.75. The summed E-state index contributed by atoms with van der Waals surface area (Å²) in [5, 5.41) is 10.1. The van der Waals surface area contributed by atoms with Crippen molar-refractivity contribution in [2.75, 3.05) is 21.3 Å². The minimum Gasteiger partial charge on any atom is -0.493 e. The second kappa shape index (κ2) is 6.80. The van der Waals surface area contributed by atoms with Gasteiger partial charge in [-0.1, -0.05) is 20.8 Å². The lowest BCUT2D eigenvalue weighted by molar-refractivity contribution is 0.0494. The van der Waals surface area contributed by atoms with Crippen LogP contribution in [0.4, 0.5) is 0 Å². The Balaban J connectivity index is 3.11. The van der Waals surface area contributed by atoms with E-state index in [2.05, 4.69) is 0 Å². The Morgan fingerprint density at radius 2 is 1.57 bits per heavy atom. The van der Waals surface area contributed by atoms with Crippen molar-refractivity contribution in [2.45, 2.75) is 33.3 Å². The Bertz CT molecular complexity index is 477. The summed E-state index contributed by atoms with van der Waals surface area (Å²) < 4.78 is 15.7. The topological polar surface area (TPSA) is 65.0 Å². The van der Waals surface area contributed by atoms with Gasteiger partial charge in [0.2, 0.25) is 5.75 Å². The van der Waals surface area contributed by atoms with Crippen molar-refractivity contribution in [1.29, 1.82) is 0 Å². The molecule has 5 heteroatoms. The fraction of sp³-hybridized carbons (Fsp3) is 0.562. The van der Waals surface area contributed by atoms with Gasteiger partial charge in [-0.25, -0.2) is 0 Å². The number of Topliss-reactive ketones (excluding diaryl/α,β-unsaturated/α-hetero) is 1. The monoisotopic (exact) mass is 296 g/mol. The lowest BCUT2D eigenvalue weighted by atomic mass is 9.85. The van der Waals surface area contributed by atoms with Crippen LogP contribution in [0.15, 0.2) is 12.1 Å². The molecule has 0 amide bonds. The quantitative estimate of drug-likeness (QED) is 0.818. The predicted octanol–water partition coefficient (Wildman–Crippen LogP) is 2.69. The fourth-order valence-corrected chi connectivity index (χ4v) is 1.84. The van der Waals surface area contributed by atoms with Gasteiger partial charge in [0, 0.05) is 12.0 Å². The summed E-state index contributed by atoms with van der Waals surface area (Å²) >= 11 is 0. The van der Waals surface area contributed by atoms with Crippen molar-refractivity contribution in [2.24, 2.45) is 5.41 Å². The van der Waals surface area contributed by atoms with E-state index in [1.165, 1.54) is 21.3 Å². The summed E-state index contributed by atoms with van der Waals surface area (Å²) in [7, 11) is 4.50. The Kier molecular flexibility index (Phi) is 5.61. The zero-order chi connectivity index (χ0) is 16.2. The maximum absolute atomic E-state index is 12.3. The molecular weight excluding hydrogens is 272 g/mol. The third-order valence-corrected chi connectivity index (χ3v) is 3.37. The van der Waals surface area contributed by atoms with E-state index in [0.717, 1.165) is 0 Å². The van der Waals surface area contributed by atoms with Crippen LogP contribution < -0.4 is 14.2 Å². The highest BCUT2D eigenvalue weighted by molar-refractivity contribution is 5.97. The summed E-state index contributed by atoms with van der Waals surface area (Å²) in [4.78, 5) is 12.3. The molecule has 5 nitrogen and oxygen atoms in total. The van der Waals surface area contributed by atoms with Gasteiger partial charge in [0.25, 0.3) is 0 Å². The molecule has 0 spiro atoms. The average molecular weight is 296 g/mol. The Morgan fingerprint density at radius 1 is 1.10 bits per heavy atom. The van der Waals surface area contributed by atoms with E-state index in [1.54, 1.807) is 12.1 Å². The van der Waals surface area contributed by atoms with Crippen LogP contribution in [-0.4, -0.2) is 38.3 Å². The molecule has 1 aromatic rings. The summed E-state index contributed by atoms with van der Waals surface area (Å²) in [6.45, 7) is 5.67. The first-order chi connectivity index (χ1) is 9.74. The molecule has 0 heterocycles. The molecule has 0 saturated carbocycles. The van der Waals surface area contributed by atoms with E-state index in [9.17, 15) is 9.90 Å². The molecule has 21 heavy (non-hydrogen) atoms. The number of hydrogen-bond acceptors (Lipinski definition) is 5. The molecule has 1 atom stereocenters. The van der Waals surface area contributed by atoms with Gasteiger partial charge in [0.15, 0.2) is 17.3 Å². The van der Waals surface area contributed by atoms with E-state index >= 15 is 0 Å². The van der Waals surface area contributed by atoms with Gasteiger partial charge in [0.05, 0.1) is 27.4 Å². The van der Waals surface area contributed by atoms with Crippen molar-refractivity contribution >= 4 is 5.78 Å². The van der Waals surface area contributed by atoms with Gasteiger partial charge in [-0.3, -0.25) is 4.79 Å². The highest BCUT2D eigenvalue weighted by Crippen LogP contribution is 2.38. The van der Waals surface area contributed by atoms with Crippen LogP contribution in [0.25, 0.3) is 0 Å². The first-order valence-corrected chi connectivity index (χ1v) is 6.75. The smallest absolute Gasteiger partial charge is 0.203 e. The normalized spacial score (nSPS) is 12.7. The van der Waals surface area contributed by atoms with Crippen LogP contribution in [0.1, 0.15) is 37.6 Å². The molecule has 1 aromatic carbocycles. The lowest BCUT2D eigenvalue weighted by Crippen LogP contribution is -2.28. The van der Waals surface area contributed by atoms with E-state index in [0.29, 0.717) is 22.8 Å². The number of methoxy groups -OCH3 is 3. The SMILES string of the molecule is COc1cc(C(=O)CC(O)C(C)(C)C)cc(OC)c1OC. The van der Waals surface area contributed by atoms with Gasteiger partial charge < -0.3 is 19.3 Å². The summed E-state index contributed by atoms with van der Waals surface area (Å²) in [5.74, 6) is 1.11. The van der Waals surface area contributed by atoms with Crippen LogP contribution in [-0.2, 0) is 0 Å². The molecule has 0 aliphatic heterocycles. The number of aliphatic hydroxyl groups excluding tert-OH is 1. The fourth-order valence-electron chi connectivity index (χ4n) is 1.84. The molecule has 0 aliphatic rings. The van der Waals surface area contributed by atoms with Crippen molar-refractivity contribution in [3.8, 4) is 17.2 Å². The maximum atomic E-state index is 12.3. The number of rotatable bonds is 6. The number of carbonyl (C=O) groups excluding carboxylic acids is 1. The lowest BCUT2D eigenvalue weighted by Gasteiger charge is -2.25. The zero-order valence-electron chi connectivity index (χ0n) is 13.5. The third kappa shape index (κ3) is 4.11.